The number of hydrazone groups is 1. The lowest BCUT2D eigenvalue weighted by Gasteiger charge is -2.08. The first-order chi connectivity index (χ1) is 13.7. The Morgan fingerprint density at radius 1 is 0.929 bits per heavy atom. The van der Waals surface area contributed by atoms with Crippen LogP contribution in [0.1, 0.15) is 15.9 Å². The third-order valence-electron chi connectivity index (χ3n) is 3.72. The second-order valence-corrected chi connectivity index (χ2v) is 5.83. The van der Waals surface area contributed by atoms with Crippen molar-refractivity contribution in [3.05, 3.63) is 90.3 Å². The summed E-state index contributed by atoms with van der Waals surface area (Å²) >= 11 is 0. The summed E-state index contributed by atoms with van der Waals surface area (Å²) in [6.07, 6.45) is 4.82. The minimum absolute atomic E-state index is 0.0252. The zero-order valence-electron chi connectivity index (χ0n) is 15.0. The van der Waals surface area contributed by atoms with E-state index in [1.165, 1.54) is 6.21 Å². The van der Waals surface area contributed by atoms with Crippen molar-refractivity contribution in [2.45, 2.75) is 0 Å². The standard InChI is InChI=1S/C21H19N5O2/c27-20(26-24-14-16-9-11-22-12-10-16)15-23-19-8-4-5-17(13-19)21(28)25-18-6-2-1-3-7-18/h1-14,23H,15H2,(H,25,28)(H,26,27)/b24-14+. The largest absolute Gasteiger partial charge is 0.376 e. The van der Waals surface area contributed by atoms with Crippen molar-refractivity contribution < 1.29 is 9.59 Å². The predicted molar refractivity (Wildman–Crippen MR) is 109 cm³/mol. The number of para-hydroxylation sites is 1. The number of nitrogens with zero attached hydrogens (tertiary/aromatic N) is 2. The van der Waals surface area contributed by atoms with Gasteiger partial charge < -0.3 is 10.6 Å². The summed E-state index contributed by atoms with van der Waals surface area (Å²) in [5.74, 6) is -0.523. The highest BCUT2D eigenvalue weighted by molar-refractivity contribution is 6.04. The molecule has 1 aromatic heterocycles. The molecular formula is C21H19N5O2. The van der Waals surface area contributed by atoms with Gasteiger partial charge in [-0.05, 0) is 48.0 Å². The van der Waals surface area contributed by atoms with Crippen molar-refractivity contribution in [1.82, 2.24) is 10.4 Å². The van der Waals surface area contributed by atoms with Crippen molar-refractivity contribution in [1.29, 1.82) is 0 Å². The molecule has 7 heteroatoms. The number of nitrogens with one attached hydrogen (secondary N) is 3. The third-order valence-corrected chi connectivity index (χ3v) is 3.72. The predicted octanol–water partition coefficient (Wildman–Crippen LogP) is 2.90. The summed E-state index contributed by atoms with van der Waals surface area (Å²) in [5.41, 5.74) is 5.14. The lowest BCUT2D eigenvalue weighted by atomic mass is 10.2. The molecule has 0 spiro atoms. The van der Waals surface area contributed by atoms with Crippen LogP contribution < -0.4 is 16.1 Å². The number of rotatable bonds is 7. The molecule has 0 saturated carbocycles. The van der Waals surface area contributed by atoms with Gasteiger partial charge >= 0.3 is 0 Å². The number of hydrogen-bond acceptors (Lipinski definition) is 5. The highest BCUT2D eigenvalue weighted by Gasteiger charge is 2.07. The molecule has 0 aliphatic rings. The molecule has 0 fully saturated rings. The van der Waals surface area contributed by atoms with Crippen LogP contribution in [-0.2, 0) is 4.79 Å². The Bertz CT molecular complexity index is 959. The Labute approximate surface area is 162 Å². The average molecular weight is 373 g/mol. The molecule has 0 unspecified atom stereocenters. The summed E-state index contributed by atoms with van der Waals surface area (Å²) < 4.78 is 0. The topological polar surface area (TPSA) is 95.5 Å². The van der Waals surface area contributed by atoms with Crippen LogP contribution in [0.25, 0.3) is 0 Å². The monoisotopic (exact) mass is 373 g/mol. The molecule has 3 rings (SSSR count). The maximum Gasteiger partial charge on any atom is 0.259 e. The molecule has 28 heavy (non-hydrogen) atoms. The number of pyridine rings is 1. The molecule has 0 radical (unpaired) electrons. The van der Waals surface area contributed by atoms with Gasteiger partial charge in [0.25, 0.3) is 11.8 Å². The molecule has 2 amide bonds. The summed E-state index contributed by atoms with van der Waals surface area (Å²) in [5, 5.41) is 9.69. The molecule has 0 atom stereocenters. The zero-order valence-corrected chi connectivity index (χ0v) is 15.0. The van der Waals surface area contributed by atoms with E-state index in [9.17, 15) is 9.59 Å². The van der Waals surface area contributed by atoms with Crippen LogP contribution >= 0.6 is 0 Å². The Hall–Kier alpha value is -4.00. The zero-order chi connectivity index (χ0) is 19.6. The summed E-state index contributed by atoms with van der Waals surface area (Å²) in [4.78, 5) is 28.1. The number of carbonyl (C=O) groups excluding carboxylic acids is 2. The first-order valence-corrected chi connectivity index (χ1v) is 8.63. The fraction of sp³-hybridized carbons (Fsp3) is 0.0476. The van der Waals surface area contributed by atoms with Gasteiger partial charge in [0.15, 0.2) is 0 Å². The van der Waals surface area contributed by atoms with Crippen molar-refractivity contribution in [2.24, 2.45) is 5.10 Å². The number of hydrogen-bond donors (Lipinski definition) is 3. The summed E-state index contributed by atoms with van der Waals surface area (Å²) in [6, 6.07) is 19.7. The highest BCUT2D eigenvalue weighted by Crippen LogP contribution is 2.13. The molecule has 3 N–H and O–H groups in total. The van der Waals surface area contributed by atoms with Crippen molar-refractivity contribution in [2.75, 3.05) is 17.2 Å². The maximum atomic E-state index is 12.3. The van der Waals surface area contributed by atoms with Crippen LogP contribution in [0.3, 0.4) is 0 Å². The SMILES string of the molecule is O=C(CNc1cccc(C(=O)Nc2ccccc2)c1)N/N=C/c1ccncc1. The van der Waals surface area contributed by atoms with Crippen LogP contribution in [0.4, 0.5) is 11.4 Å². The lowest BCUT2D eigenvalue weighted by molar-refractivity contribution is -0.119. The van der Waals surface area contributed by atoms with E-state index in [1.54, 1.807) is 48.8 Å². The van der Waals surface area contributed by atoms with Crippen LogP contribution in [0, 0.1) is 0 Å². The molecular weight excluding hydrogens is 354 g/mol. The molecule has 0 bridgehead atoms. The van der Waals surface area contributed by atoms with E-state index < -0.39 is 0 Å². The maximum absolute atomic E-state index is 12.3. The Morgan fingerprint density at radius 3 is 2.46 bits per heavy atom. The van der Waals surface area contributed by atoms with Gasteiger partial charge in [-0.15, -0.1) is 0 Å². The van der Waals surface area contributed by atoms with Gasteiger partial charge in [-0.2, -0.15) is 5.10 Å². The van der Waals surface area contributed by atoms with Gasteiger partial charge in [0.05, 0.1) is 12.8 Å². The van der Waals surface area contributed by atoms with E-state index in [-0.39, 0.29) is 18.4 Å². The molecule has 0 aliphatic heterocycles. The van der Waals surface area contributed by atoms with Gasteiger partial charge in [0, 0.05) is 29.3 Å². The van der Waals surface area contributed by atoms with E-state index in [4.69, 9.17) is 0 Å². The fourth-order valence-corrected chi connectivity index (χ4v) is 2.35. The van der Waals surface area contributed by atoms with Crippen LogP contribution in [0.2, 0.25) is 0 Å². The Kier molecular flexibility index (Phi) is 6.46. The third kappa shape index (κ3) is 5.77. The smallest absolute Gasteiger partial charge is 0.259 e. The van der Waals surface area contributed by atoms with Gasteiger partial charge in [0.2, 0.25) is 0 Å². The van der Waals surface area contributed by atoms with Gasteiger partial charge in [-0.1, -0.05) is 24.3 Å². The second-order valence-electron chi connectivity index (χ2n) is 5.83. The van der Waals surface area contributed by atoms with Crippen molar-refractivity contribution >= 4 is 29.4 Å². The molecule has 7 nitrogen and oxygen atoms in total. The van der Waals surface area contributed by atoms with Crippen molar-refractivity contribution in [3.63, 3.8) is 0 Å². The first kappa shape index (κ1) is 18.8. The molecule has 140 valence electrons. The first-order valence-electron chi connectivity index (χ1n) is 8.63. The van der Waals surface area contributed by atoms with Crippen LogP contribution in [-0.4, -0.2) is 29.6 Å². The summed E-state index contributed by atoms with van der Waals surface area (Å²) in [6.45, 7) is 0.0252. The van der Waals surface area contributed by atoms with E-state index in [0.717, 1.165) is 11.3 Å². The lowest BCUT2D eigenvalue weighted by Crippen LogP contribution is -2.26. The number of anilines is 2. The Morgan fingerprint density at radius 2 is 1.68 bits per heavy atom. The number of carbonyl (C=O) groups is 2. The van der Waals surface area contributed by atoms with E-state index >= 15 is 0 Å². The molecule has 0 saturated heterocycles. The number of amides is 2. The van der Waals surface area contributed by atoms with E-state index in [2.05, 4.69) is 26.1 Å². The molecule has 0 aliphatic carbocycles. The van der Waals surface area contributed by atoms with Gasteiger partial charge in [-0.25, -0.2) is 5.43 Å². The summed E-state index contributed by atoms with van der Waals surface area (Å²) in [7, 11) is 0. The van der Waals surface area contributed by atoms with Gasteiger partial charge in [-0.3, -0.25) is 14.6 Å². The van der Waals surface area contributed by atoms with Gasteiger partial charge in [0.1, 0.15) is 0 Å². The highest BCUT2D eigenvalue weighted by atomic mass is 16.2. The Balaban J connectivity index is 1.50. The fourth-order valence-electron chi connectivity index (χ4n) is 2.35. The van der Waals surface area contributed by atoms with Crippen LogP contribution in [0.5, 0.6) is 0 Å². The normalized spacial score (nSPS) is 10.4. The minimum Gasteiger partial charge on any atom is -0.376 e. The van der Waals surface area contributed by atoms with Crippen molar-refractivity contribution in [3.8, 4) is 0 Å². The van der Waals surface area contributed by atoms with E-state index in [0.29, 0.717) is 11.3 Å². The molecule has 3 aromatic rings. The second kappa shape index (κ2) is 9.63. The number of aromatic nitrogens is 1. The number of benzene rings is 2. The van der Waals surface area contributed by atoms with Crippen LogP contribution in [0.15, 0.2) is 84.2 Å². The molecule has 2 aromatic carbocycles. The minimum atomic E-state index is -0.301. The quantitative estimate of drug-likeness (QED) is 0.438. The molecule has 1 heterocycles. The average Bonchev–Trinajstić information content (AvgIpc) is 2.74. The van der Waals surface area contributed by atoms with E-state index in [1.807, 2.05) is 30.3 Å².